The number of benzene rings is 3. The van der Waals surface area contributed by atoms with Crippen LogP contribution in [0.2, 0.25) is 0 Å². The van der Waals surface area contributed by atoms with E-state index in [1.54, 1.807) is 43.3 Å². The lowest BCUT2D eigenvalue weighted by atomic mass is 10.1. The fraction of sp³-hybridized carbons (Fsp3) is 0.143. The molecule has 2 amide bonds. The maximum Gasteiger partial charge on any atom is 0.343 e. The first-order valence-electron chi connectivity index (χ1n) is 11.6. The van der Waals surface area contributed by atoms with E-state index >= 15 is 0 Å². The molecule has 0 saturated heterocycles. The summed E-state index contributed by atoms with van der Waals surface area (Å²) in [5.74, 6) is -2.28. The van der Waals surface area contributed by atoms with E-state index in [1.165, 1.54) is 24.3 Å². The molecular weight excluding hydrogens is 496 g/mol. The van der Waals surface area contributed by atoms with E-state index in [1.807, 2.05) is 19.1 Å². The first-order chi connectivity index (χ1) is 17.8. The summed E-state index contributed by atoms with van der Waals surface area (Å²) in [5.41, 5.74) is 1.81. The molecule has 9 heteroatoms. The SMILES string of the molecule is CCOC(=O)c1ccccc1N1C(=O)C(Cl)=C(Nc2ccc(C(=O)Oc3ccc(CC)cc3)cc2)C1=O. The molecule has 1 aliphatic rings. The molecule has 0 bridgehead atoms. The molecule has 1 N–H and O–H groups in total. The van der Waals surface area contributed by atoms with E-state index in [9.17, 15) is 19.2 Å². The Morgan fingerprint density at radius 1 is 0.865 bits per heavy atom. The number of anilines is 2. The third-order valence-corrected chi connectivity index (χ3v) is 5.95. The highest BCUT2D eigenvalue weighted by molar-refractivity contribution is 6.53. The quantitative estimate of drug-likeness (QED) is 0.252. The molecule has 4 rings (SSSR count). The van der Waals surface area contributed by atoms with E-state index in [-0.39, 0.29) is 28.6 Å². The van der Waals surface area contributed by atoms with Crippen LogP contribution in [0.1, 0.15) is 40.1 Å². The number of carbonyl (C=O) groups is 4. The van der Waals surface area contributed by atoms with Crippen LogP contribution >= 0.6 is 11.6 Å². The second-order valence-corrected chi connectivity index (χ2v) is 8.34. The normalized spacial score (nSPS) is 13.1. The lowest BCUT2D eigenvalue weighted by Gasteiger charge is -2.18. The molecule has 0 aliphatic carbocycles. The van der Waals surface area contributed by atoms with E-state index in [2.05, 4.69) is 5.32 Å². The van der Waals surface area contributed by atoms with Gasteiger partial charge in [0.25, 0.3) is 11.8 Å². The number of carbonyl (C=O) groups excluding carboxylic acids is 4. The third-order valence-electron chi connectivity index (χ3n) is 5.60. The first-order valence-corrected chi connectivity index (χ1v) is 11.9. The molecule has 1 heterocycles. The Labute approximate surface area is 218 Å². The summed E-state index contributed by atoms with van der Waals surface area (Å²) < 4.78 is 10.4. The molecular formula is C28H23ClN2O6. The number of esters is 2. The molecule has 8 nitrogen and oxygen atoms in total. The van der Waals surface area contributed by atoms with Gasteiger partial charge in [-0.05, 0) is 67.4 Å². The van der Waals surface area contributed by atoms with E-state index in [0.717, 1.165) is 16.9 Å². The van der Waals surface area contributed by atoms with Gasteiger partial charge in [0.05, 0.1) is 23.4 Å². The number of nitrogens with zero attached hydrogens (tertiary/aromatic N) is 1. The number of halogens is 1. The van der Waals surface area contributed by atoms with Crippen LogP contribution < -0.4 is 15.0 Å². The molecule has 0 fully saturated rings. The van der Waals surface area contributed by atoms with Crippen LogP contribution in [0.4, 0.5) is 11.4 Å². The summed E-state index contributed by atoms with van der Waals surface area (Å²) in [4.78, 5) is 51.7. The maximum absolute atomic E-state index is 13.2. The van der Waals surface area contributed by atoms with Crippen molar-refractivity contribution in [2.45, 2.75) is 20.3 Å². The average Bonchev–Trinajstić information content (AvgIpc) is 3.12. The van der Waals surface area contributed by atoms with Gasteiger partial charge in [0, 0.05) is 5.69 Å². The molecule has 0 aromatic heterocycles. The molecule has 0 unspecified atom stereocenters. The zero-order chi connectivity index (χ0) is 26.5. The van der Waals surface area contributed by atoms with Crippen LogP contribution in [0.25, 0.3) is 0 Å². The van der Waals surface area contributed by atoms with Gasteiger partial charge in [-0.3, -0.25) is 9.59 Å². The first kappa shape index (κ1) is 25.7. The molecule has 3 aromatic carbocycles. The summed E-state index contributed by atoms with van der Waals surface area (Å²) in [6, 6.07) is 19.5. The van der Waals surface area contributed by atoms with Crippen molar-refractivity contribution in [3.63, 3.8) is 0 Å². The molecule has 0 radical (unpaired) electrons. The number of imide groups is 1. The highest BCUT2D eigenvalue weighted by Gasteiger charge is 2.40. The fourth-order valence-electron chi connectivity index (χ4n) is 3.67. The van der Waals surface area contributed by atoms with Gasteiger partial charge in [-0.15, -0.1) is 0 Å². The zero-order valence-electron chi connectivity index (χ0n) is 20.1. The summed E-state index contributed by atoms with van der Waals surface area (Å²) in [6.45, 7) is 3.83. The third kappa shape index (κ3) is 5.39. The van der Waals surface area contributed by atoms with Crippen molar-refractivity contribution in [3.05, 3.63) is 100 Å². The molecule has 1 aliphatic heterocycles. The average molecular weight is 519 g/mol. The minimum absolute atomic E-state index is 0.0592. The molecule has 0 atom stereocenters. The van der Waals surface area contributed by atoms with Gasteiger partial charge in [0.1, 0.15) is 16.5 Å². The second-order valence-electron chi connectivity index (χ2n) is 7.96. The van der Waals surface area contributed by atoms with Crippen molar-refractivity contribution in [1.29, 1.82) is 0 Å². The number of amides is 2. The second kappa shape index (κ2) is 11.1. The van der Waals surface area contributed by atoms with Crippen molar-refractivity contribution in [3.8, 4) is 5.75 Å². The number of hydrogen-bond acceptors (Lipinski definition) is 7. The number of para-hydroxylation sites is 1. The fourth-order valence-corrected chi connectivity index (χ4v) is 3.89. The van der Waals surface area contributed by atoms with Crippen LogP contribution in [-0.2, 0) is 20.7 Å². The molecule has 37 heavy (non-hydrogen) atoms. The number of aryl methyl sites for hydroxylation is 1. The summed E-state index contributed by atoms with van der Waals surface area (Å²) in [6.07, 6.45) is 0.882. The lowest BCUT2D eigenvalue weighted by molar-refractivity contribution is -0.120. The Morgan fingerprint density at radius 3 is 2.19 bits per heavy atom. The smallest absolute Gasteiger partial charge is 0.343 e. The maximum atomic E-state index is 13.2. The van der Waals surface area contributed by atoms with Gasteiger partial charge >= 0.3 is 11.9 Å². The van der Waals surface area contributed by atoms with E-state index in [0.29, 0.717) is 17.0 Å². The number of nitrogens with one attached hydrogen (secondary N) is 1. The van der Waals surface area contributed by atoms with Crippen LogP contribution in [0, 0.1) is 0 Å². The minimum atomic E-state index is -0.778. The number of rotatable bonds is 8. The van der Waals surface area contributed by atoms with Gasteiger partial charge in [-0.25, -0.2) is 14.5 Å². The number of ether oxygens (including phenoxy) is 2. The van der Waals surface area contributed by atoms with Gasteiger partial charge in [0.2, 0.25) is 0 Å². The summed E-state index contributed by atoms with van der Waals surface area (Å²) >= 11 is 6.22. The van der Waals surface area contributed by atoms with Crippen molar-refractivity contribution >= 4 is 46.7 Å². The predicted molar refractivity (Wildman–Crippen MR) is 139 cm³/mol. The summed E-state index contributed by atoms with van der Waals surface area (Å²) in [7, 11) is 0. The molecule has 3 aromatic rings. The Balaban J connectivity index is 1.49. The van der Waals surface area contributed by atoms with Gasteiger partial charge < -0.3 is 14.8 Å². The van der Waals surface area contributed by atoms with Crippen LogP contribution in [0.15, 0.2) is 83.5 Å². The summed E-state index contributed by atoms with van der Waals surface area (Å²) in [5, 5.41) is 2.51. The standard InChI is InChI=1S/C28H23ClN2O6/c1-3-17-9-15-20(16-10-17)37-27(34)18-11-13-19(14-12-18)30-24-23(29)25(32)31(26(24)33)22-8-6-5-7-21(22)28(35)36-4-2/h5-16,30H,3-4H2,1-2H3. The van der Waals surface area contributed by atoms with Crippen molar-refractivity contribution in [2.75, 3.05) is 16.8 Å². The molecule has 0 saturated carbocycles. The minimum Gasteiger partial charge on any atom is -0.462 e. The van der Waals surface area contributed by atoms with Crippen molar-refractivity contribution in [1.82, 2.24) is 0 Å². The lowest BCUT2D eigenvalue weighted by Crippen LogP contribution is -2.33. The molecule has 0 spiro atoms. The number of hydrogen-bond donors (Lipinski definition) is 1. The Hall–Kier alpha value is -4.43. The predicted octanol–water partition coefficient (Wildman–Crippen LogP) is 5.08. The molecule has 188 valence electrons. The Bertz CT molecular complexity index is 1400. The van der Waals surface area contributed by atoms with Crippen LogP contribution in [-0.4, -0.2) is 30.4 Å². The Morgan fingerprint density at radius 2 is 1.54 bits per heavy atom. The topological polar surface area (TPSA) is 102 Å². The van der Waals surface area contributed by atoms with E-state index in [4.69, 9.17) is 21.1 Å². The monoisotopic (exact) mass is 518 g/mol. The van der Waals surface area contributed by atoms with Crippen molar-refractivity contribution < 1.29 is 28.7 Å². The van der Waals surface area contributed by atoms with Gasteiger partial charge in [0.15, 0.2) is 0 Å². The highest BCUT2D eigenvalue weighted by Crippen LogP contribution is 2.32. The van der Waals surface area contributed by atoms with Gasteiger partial charge in [-0.1, -0.05) is 42.8 Å². The Kier molecular flexibility index (Phi) is 7.69. The zero-order valence-corrected chi connectivity index (χ0v) is 20.9. The van der Waals surface area contributed by atoms with Crippen LogP contribution in [0.5, 0.6) is 5.75 Å². The van der Waals surface area contributed by atoms with E-state index < -0.39 is 23.8 Å². The largest absolute Gasteiger partial charge is 0.462 e. The highest BCUT2D eigenvalue weighted by atomic mass is 35.5. The van der Waals surface area contributed by atoms with Crippen LogP contribution in [0.3, 0.4) is 0 Å². The van der Waals surface area contributed by atoms with Crippen molar-refractivity contribution in [2.24, 2.45) is 0 Å². The van der Waals surface area contributed by atoms with Gasteiger partial charge in [-0.2, -0.15) is 0 Å².